The van der Waals surface area contributed by atoms with Crippen LogP contribution in [0.2, 0.25) is 0 Å². The second kappa shape index (κ2) is 9.68. The molecule has 35 heavy (non-hydrogen) atoms. The minimum atomic E-state index is -2.03. The monoisotopic (exact) mass is 477 g/mol. The van der Waals surface area contributed by atoms with Gasteiger partial charge >= 0.3 is 0 Å². The Morgan fingerprint density at radius 2 is 1.54 bits per heavy atom. The van der Waals surface area contributed by atoms with Gasteiger partial charge in [0.05, 0.1) is 52.7 Å². The molecule has 0 spiro atoms. The minimum Gasteiger partial charge on any atom is -0.497 e. The normalized spacial score (nSPS) is 16.6. The van der Waals surface area contributed by atoms with Crippen molar-refractivity contribution in [2.24, 2.45) is 0 Å². The van der Waals surface area contributed by atoms with Crippen molar-refractivity contribution in [3.63, 3.8) is 0 Å². The molecule has 8 nitrogen and oxygen atoms in total. The molecule has 0 saturated carbocycles. The highest BCUT2D eigenvalue weighted by Gasteiger charge is 2.51. The van der Waals surface area contributed by atoms with Gasteiger partial charge in [0.25, 0.3) is 5.91 Å². The van der Waals surface area contributed by atoms with Crippen LogP contribution < -0.4 is 23.8 Å². The Bertz CT molecular complexity index is 1270. The molecular weight excluding hydrogens is 450 g/mol. The van der Waals surface area contributed by atoms with Gasteiger partial charge in [0.15, 0.2) is 22.9 Å². The third kappa shape index (κ3) is 4.28. The van der Waals surface area contributed by atoms with E-state index in [1.807, 2.05) is 6.07 Å². The third-order valence-electron chi connectivity index (χ3n) is 6.15. The summed E-state index contributed by atoms with van der Waals surface area (Å²) in [7, 11) is 6.03. The van der Waals surface area contributed by atoms with Crippen molar-refractivity contribution in [3.8, 4) is 23.0 Å². The van der Waals surface area contributed by atoms with Gasteiger partial charge < -0.3 is 29.0 Å². The molecule has 0 fully saturated rings. The minimum absolute atomic E-state index is 0.176. The molecule has 0 saturated heterocycles. The predicted octanol–water partition coefficient (Wildman–Crippen LogP) is 3.73. The zero-order valence-electron chi connectivity index (χ0n) is 20.0. The molecule has 1 aliphatic heterocycles. The van der Waals surface area contributed by atoms with Crippen LogP contribution >= 0.6 is 0 Å². The highest BCUT2D eigenvalue weighted by Crippen LogP contribution is 2.44. The number of fused-ring (bicyclic) bond motifs is 1. The number of hydrogen-bond donors (Lipinski definition) is 1. The van der Waals surface area contributed by atoms with E-state index in [4.69, 9.17) is 18.9 Å². The van der Waals surface area contributed by atoms with Crippen molar-refractivity contribution in [1.82, 2.24) is 0 Å². The standard InChI is InChI=1S/C27H27NO7/c1-32-18-10-12-23(33-2)19(14-18)22(29)15-27(31)20-7-5-6-8-21(20)28(26(27)30)16-17-9-11-24(34-3)25(13-17)35-4/h5-14,31H,15-16H2,1-4H3/t27-/m1/s1. The van der Waals surface area contributed by atoms with E-state index >= 15 is 0 Å². The fraction of sp³-hybridized carbons (Fsp3) is 0.259. The van der Waals surface area contributed by atoms with Crippen molar-refractivity contribution in [3.05, 3.63) is 77.4 Å². The van der Waals surface area contributed by atoms with E-state index in [1.54, 1.807) is 55.6 Å². The first-order valence-electron chi connectivity index (χ1n) is 11.0. The van der Waals surface area contributed by atoms with Gasteiger partial charge in [0.1, 0.15) is 11.5 Å². The molecule has 1 heterocycles. The fourth-order valence-corrected chi connectivity index (χ4v) is 4.36. The number of hydrogen-bond acceptors (Lipinski definition) is 7. The number of methoxy groups -OCH3 is 4. The summed E-state index contributed by atoms with van der Waals surface area (Å²) >= 11 is 0. The van der Waals surface area contributed by atoms with Crippen LogP contribution in [0.1, 0.15) is 27.9 Å². The summed E-state index contributed by atoms with van der Waals surface area (Å²) in [5.41, 5.74) is -0.112. The number of ether oxygens (including phenoxy) is 4. The SMILES string of the molecule is COc1ccc(OC)c(C(=O)C[C@]2(O)C(=O)N(Cc3ccc(OC)c(OC)c3)c3ccccc32)c1. The van der Waals surface area contributed by atoms with Crippen LogP contribution in [0.15, 0.2) is 60.7 Å². The topological polar surface area (TPSA) is 94.5 Å². The lowest BCUT2D eigenvalue weighted by molar-refractivity contribution is -0.136. The van der Waals surface area contributed by atoms with Crippen LogP contribution in [0.5, 0.6) is 23.0 Å². The maximum Gasteiger partial charge on any atom is 0.264 e. The lowest BCUT2D eigenvalue weighted by Crippen LogP contribution is -2.41. The van der Waals surface area contributed by atoms with E-state index in [1.165, 1.54) is 32.3 Å². The van der Waals surface area contributed by atoms with Gasteiger partial charge in [-0.15, -0.1) is 0 Å². The lowest BCUT2D eigenvalue weighted by atomic mass is 9.88. The van der Waals surface area contributed by atoms with E-state index in [0.29, 0.717) is 34.2 Å². The second-order valence-electron chi connectivity index (χ2n) is 8.12. The largest absolute Gasteiger partial charge is 0.497 e. The molecule has 1 N–H and O–H groups in total. The summed E-state index contributed by atoms with van der Waals surface area (Å²) in [4.78, 5) is 28.4. The lowest BCUT2D eigenvalue weighted by Gasteiger charge is -2.23. The summed E-state index contributed by atoms with van der Waals surface area (Å²) in [5, 5.41) is 11.6. The first-order chi connectivity index (χ1) is 16.9. The number of Topliss-reactive ketones (excluding diaryl/α,β-unsaturated/α-hetero) is 1. The first-order valence-corrected chi connectivity index (χ1v) is 11.0. The van der Waals surface area contributed by atoms with E-state index in [9.17, 15) is 14.7 Å². The molecule has 0 aromatic heterocycles. The number of anilines is 1. The van der Waals surface area contributed by atoms with Crippen LogP contribution in [0.4, 0.5) is 5.69 Å². The Hall–Kier alpha value is -4.04. The summed E-state index contributed by atoms with van der Waals surface area (Å²) in [5.74, 6) is 0.872. The average molecular weight is 478 g/mol. The van der Waals surface area contributed by atoms with Crippen LogP contribution in [0.3, 0.4) is 0 Å². The maximum absolute atomic E-state index is 13.6. The molecule has 1 aliphatic rings. The third-order valence-corrected chi connectivity index (χ3v) is 6.15. The summed E-state index contributed by atoms with van der Waals surface area (Å²) in [6.45, 7) is 0.176. The first kappa shape index (κ1) is 24.1. The van der Waals surface area contributed by atoms with E-state index in [2.05, 4.69) is 0 Å². The van der Waals surface area contributed by atoms with E-state index < -0.39 is 23.7 Å². The number of amides is 1. The maximum atomic E-state index is 13.6. The fourth-order valence-electron chi connectivity index (χ4n) is 4.36. The average Bonchev–Trinajstić information content (AvgIpc) is 3.09. The van der Waals surface area contributed by atoms with Gasteiger partial charge in [-0.25, -0.2) is 0 Å². The predicted molar refractivity (Wildman–Crippen MR) is 130 cm³/mol. The quantitative estimate of drug-likeness (QED) is 0.469. The van der Waals surface area contributed by atoms with Gasteiger partial charge in [-0.3, -0.25) is 9.59 Å². The molecule has 4 rings (SSSR count). The Kier molecular flexibility index (Phi) is 6.66. The van der Waals surface area contributed by atoms with Gasteiger partial charge in [-0.2, -0.15) is 0 Å². The Morgan fingerprint density at radius 3 is 2.23 bits per heavy atom. The Labute approximate surface area is 203 Å². The molecule has 182 valence electrons. The zero-order chi connectivity index (χ0) is 25.2. The summed E-state index contributed by atoms with van der Waals surface area (Å²) in [6.07, 6.45) is -0.450. The molecule has 8 heteroatoms. The van der Waals surface area contributed by atoms with E-state index in [-0.39, 0.29) is 12.1 Å². The van der Waals surface area contributed by atoms with Crippen molar-refractivity contribution in [2.45, 2.75) is 18.6 Å². The van der Waals surface area contributed by atoms with E-state index in [0.717, 1.165) is 5.56 Å². The molecule has 3 aromatic rings. The summed E-state index contributed by atoms with van der Waals surface area (Å²) in [6, 6.07) is 17.1. The second-order valence-corrected chi connectivity index (χ2v) is 8.12. The van der Waals surface area contributed by atoms with Crippen molar-refractivity contribution < 1.29 is 33.6 Å². The van der Waals surface area contributed by atoms with Crippen molar-refractivity contribution in [1.29, 1.82) is 0 Å². The number of ketones is 1. The summed E-state index contributed by atoms with van der Waals surface area (Å²) < 4.78 is 21.2. The number of carbonyl (C=O) groups is 2. The van der Waals surface area contributed by atoms with Crippen LogP contribution in [-0.2, 0) is 16.9 Å². The molecule has 1 amide bonds. The molecule has 0 bridgehead atoms. The molecule has 0 unspecified atom stereocenters. The number of aliphatic hydroxyl groups is 1. The number of carbonyl (C=O) groups excluding carboxylic acids is 2. The molecule has 0 aliphatic carbocycles. The van der Waals surface area contributed by atoms with Gasteiger partial charge in [0.2, 0.25) is 0 Å². The smallest absolute Gasteiger partial charge is 0.264 e. The van der Waals surface area contributed by atoms with Crippen molar-refractivity contribution in [2.75, 3.05) is 33.3 Å². The number of rotatable bonds is 9. The number of para-hydroxylation sites is 1. The molecule has 1 atom stereocenters. The zero-order valence-corrected chi connectivity index (χ0v) is 20.0. The highest BCUT2D eigenvalue weighted by atomic mass is 16.5. The number of nitrogens with zero attached hydrogens (tertiary/aromatic N) is 1. The van der Waals surface area contributed by atoms with Crippen molar-refractivity contribution >= 4 is 17.4 Å². The van der Waals surface area contributed by atoms with Crippen LogP contribution in [0, 0.1) is 0 Å². The van der Waals surface area contributed by atoms with Gasteiger partial charge in [-0.05, 0) is 42.0 Å². The van der Waals surface area contributed by atoms with Crippen LogP contribution in [-0.4, -0.2) is 45.2 Å². The Balaban J connectivity index is 1.68. The van der Waals surface area contributed by atoms with Gasteiger partial charge in [-0.1, -0.05) is 24.3 Å². The van der Waals surface area contributed by atoms with Gasteiger partial charge in [0, 0.05) is 5.56 Å². The number of benzene rings is 3. The molecule has 0 radical (unpaired) electrons. The molecule has 3 aromatic carbocycles. The highest BCUT2D eigenvalue weighted by molar-refractivity contribution is 6.11. The van der Waals surface area contributed by atoms with Crippen LogP contribution in [0.25, 0.3) is 0 Å². The Morgan fingerprint density at radius 1 is 0.857 bits per heavy atom. The molecular formula is C27H27NO7.